The third-order valence-electron chi connectivity index (χ3n) is 2.33. The van der Waals surface area contributed by atoms with Crippen LogP contribution in [0.1, 0.15) is 12.5 Å². The van der Waals surface area contributed by atoms with E-state index in [1.54, 1.807) is 6.20 Å². The van der Waals surface area contributed by atoms with Crippen LogP contribution in [-0.2, 0) is 0 Å². The molecular weight excluding hydrogens is 160 g/mol. The van der Waals surface area contributed by atoms with Crippen molar-refractivity contribution in [1.82, 2.24) is 5.31 Å². The summed E-state index contributed by atoms with van der Waals surface area (Å²) >= 11 is 0. The van der Waals surface area contributed by atoms with E-state index in [9.17, 15) is 0 Å². The highest BCUT2D eigenvalue weighted by atomic mass is 15.3. The highest BCUT2D eigenvalue weighted by molar-refractivity contribution is 5.56. The van der Waals surface area contributed by atoms with E-state index in [1.165, 1.54) is 16.6 Å². The van der Waals surface area contributed by atoms with Crippen LogP contribution in [0.25, 0.3) is 0 Å². The van der Waals surface area contributed by atoms with Gasteiger partial charge in [-0.25, -0.2) is 0 Å². The molecule has 0 spiro atoms. The molecule has 0 unspecified atom stereocenters. The summed E-state index contributed by atoms with van der Waals surface area (Å²) in [5, 5.41) is 1.45. The van der Waals surface area contributed by atoms with Crippen molar-refractivity contribution in [2.75, 3.05) is 4.90 Å². The second-order valence-electron chi connectivity index (χ2n) is 3.27. The number of nitrogens with zero attached hydrogens (tertiary/aromatic N) is 1. The molecule has 0 saturated heterocycles. The van der Waals surface area contributed by atoms with Crippen LogP contribution < -0.4 is 10.2 Å². The Morgan fingerprint density at radius 3 is 2.85 bits per heavy atom. The smallest absolute Gasteiger partial charge is 0.162 e. The second-order valence-corrected chi connectivity index (χ2v) is 3.27. The molecule has 0 amide bonds. The Morgan fingerprint density at radius 1 is 1.46 bits per heavy atom. The van der Waals surface area contributed by atoms with Gasteiger partial charge in [0.1, 0.15) is 0 Å². The molecule has 1 heterocycles. The average molecular weight is 175 g/mol. The Balaban J connectivity index is 2.33. The third kappa shape index (κ3) is 1.39. The number of rotatable bonds is 1. The maximum atomic E-state index is 7.59. The van der Waals surface area contributed by atoms with Gasteiger partial charge >= 0.3 is 0 Å². The SMILES string of the molecule is [2H]N1C=CN(c2ccccc2C)[C@H]1C. The number of para-hydroxylation sites is 1. The molecule has 2 heteroatoms. The van der Waals surface area contributed by atoms with Crippen molar-refractivity contribution in [2.45, 2.75) is 20.0 Å². The van der Waals surface area contributed by atoms with Crippen LogP contribution in [0, 0.1) is 6.92 Å². The van der Waals surface area contributed by atoms with Crippen molar-refractivity contribution in [1.29, 1.82) is 0 Å². The Labute approximate surface area is 80.3 Å². The van der Waals surface area contributed by atoms with Crippen LogP contribution in [0.3, 0.4) is 0 Å². The number of aryl methyl sites for hydroxylation is 1. The van der Waals surface area contributed by atoms with Gasteiger partial charge in [0.05, 0.1) is 6.17 Å². The maximum Gasteiger partial charge on any atom is 0.162 e. The molecule has 13 heavy (non-hydrogen) atoms. The van der Waals surface area contributed by atoms with Gasteiger partial charge in [-0.2, -0.15) is 0 Å². The first-order valence-corrected chi connectivity index (χ1v) is 4.49. The monoisotopic (exact) mass is 175 g/mol. The molecule has 2 rings (SSSR count). The van der Waals surface area contributed by atoms with Gasteiger partial charge in [0.2, 0.25) is 0 Å². The maximum absolute atomic E-state index is 7.59. The Morgan fingerprint density at radius 2 is 2.23 bits per heavy atom. The van der Waals surface area contributed by atoms with E-state index in [0.29, 0.717) is 0 Å². The van der Waals surface area contributed by atoms with E-state index in [1.807, 2.05) is 25.3 Å². The molecule has 1 aliphatic heterocycles. The molecule has 1 aromatic carbocycles. The van der Waals surface area contributed by atoms with Crippen LogP contribution in [0.2, 0.25) is 1.41 Å². The first-order valence-electron chi connectivity index (χ1n) is 4.94. The molecule has 0 radical (unpaired) electrons. The van der Waals surface area contributed by atoms with Gasteiger partial charge in [0.15, 0.2) is 1.41 Å². The summed E-state index contributed by atoms with van der Waals surface area (Å²) in [5.74, 6) is 0. The van der Waals surface area contributed by atoms with Gasteiger partial charge in [0, 0.05) is 18.1 Å². The minimum atomic E-state index is 0.0797. The van der Waals surface area contributed by atoms with Gasteiger partial charge in [-0.3, -0.25) is 0 Å². The fourth-order valence-corrected chi connectivity index (χ4v) is 1.57. The fraction of sp³-hybridized carbons (Fsp3) is 0.273. The van der Waals surface area contributed by atoms with Crippen molar-refractivity contribution in [3.05, 3.63) is 42.2 Å². The first kappa shape index (κ1) is 7.01. The summed E-state index contributed by atoms with van der Waals surface area (Å²) in [6, 6.07) is 8.22. The molecular formula is C11H14N2. The standard InChI is InChI=1S/C11H14N2/c1-9-5-3-4-6-11(9)13-8-7-12-10(13)2/h3-8,10,12H,1-2H3/t10-/m0/s1/i/hD. The van der Waals surface area contributed by atoms with E-state index in [4.69, 9.17) is 1.41 Å². The number of hydrogen-bond acceptors (Lipinski definition) is 2. The molecule has 0 aliphatic carbocycles. The normalized spacial score (nSPS) is 22.3. The van der Waals surface area contributed by atoms with Crippen molar-refractivity contribution >= 4 is 5.69 Å². The summed E-state index contributed by atoms with van der Waals surface area (Å²) in [6.07, 6.45) is 3.80. The van der Waals surface area contributed by atoms with Crippen LogP contribution in [0.5, 0.6) is 0 Å². The number of hydrogen-bond donors (Lipinski definition) is 1. The quantitative estimate of drug-likeness (QED) is 0.704. The Bertz CT molecular complexity index is 362. The highest BCUT2D eigenvalue weighted by Crippen LogP contribution is 2.22. The zero-order valence-electron chi connectivity index (χ0n) is 8.94. The van der Waals surface area contributed by atoms with Gasteiger partial charge < -0.3 is 10.2 Å². The summed E-state index contributed by atoms with van der Waals surface area (Å²) in [4.78, 5) is 2.10. The molecule has 1 atom stereocenters. The van der Waals surface area contributed by atoms with Crippen LogP contribution in [0.4, 0.5) is 5.69 Å². The zero-order valence-corrected chi connectivity index (χ0v) is 7.94. The predicted molar refractivity (Wildman–Crippen MR) is 55.4 cm³/mol. The van der Waals surface area contributed by atoms with Crippen molar-refractivity contribution < 1.29 is 1.41 Å². The molecule has 1 aromatic rings. The van der Waals surface area contributed by atoms with Crippen molar-refractivity contribution in [3.63, 3.8) is 0 Å². The summed E-state index contributed by atoms with van der Waals surface area (Å²) < 4.78 is 7.59. The average Bonchev–Trinajstić information content (AvgIpc) is 2.49. The summed E-state index contributed by atoms with van der Waals surface area (Å²) in [5.41, 5.74) is 2.41. The third-order valence-corrected chi connectivity index (χ3v) is 2.33. The number of nitrogens with one attached hydrogen (secondary N) is 1. The minimum absolute atomic E-state index is 0.0797. The van der Waals surface area contributed by atoms with E-state index in [2.05, 4.69) is 24.0 Å². The Kier molecular flexibility index (Phi) is 1.69. The van der Waals surface area contributed by atoms with Crippen LogP contribution in [0.15, 0.2) is 36.7 Å². The van der Waals surface area contributed by atoms with Crippen LogP contribution >= 0.6 is 0 Å². The predicted octanol–water partition coefficient (Wildman–Crippen LogP) is 2.22. The lowest BCUT2D eigenvalue weighted by molar-refractivity contribution is 0.683. The van der Waals surface area contributed by atoms with Crippen molar-refractivity contribution in [3.8, 4) is 0 Å². The van der Waals surface area contributed by atoms with Crippen LogP contribution in [-0.4, -0.2) is 6.17 Å². The lowest BCUT2D eigenvalue weighted by atomic mass is 10.2. The molecule has 2 nitrogen and oxygen atoms in total. The van der Waals surface area contributed by atoms with E-state index in [-0.39, 0.29) is 6.17 Å². The van der Waals surface area contributed by atoms with Gasteiger partial charge in [-0.15, -0.1) is 0 Å². The van der Waals surface area contributed by atoms with E-state index >= 15 is 0 Å². The van der Waals surface area contributed by atoms with Gasteiger partial charge in [0.25, 0.3) is 0 Å². The molecule has 0 aromatic heterocycles. The lowest BCUT2D eigenvalue weighted by Crippen LogP contribution is -2.32. The number of benzene rings is 1. The lowest BCUT2D eigenvalue weighted by Gasteiger charge is -2.23. The molecule has 0 saturated carbocycles. The molecule has 0 bridgehead atoms. The van der Waals surface area contributed by atoms with E-state index < -0.39 is 0 Å². The first-order chi connectivity index (χ1) is 6.70. The second kappa shape index (κ2) is 3.13. The topological polar surface area (TPSA) is 15.3 Å². The van der Waals surface area contributed by atoms with Gasteiger partial charge in [-0.1, -0.05) is 18.2 Å². The Hall–Kier alpha value is -1.44. The molecule has 0 fully saturated rings. The fourth-order valence-electron chi connectivity index (χ4n) is 1.57. The zero-order chi connectivity index (χ0) is 10.1. The minimum Gasteiger partial charge on any atom is -0.370 e. The van der Waals surface area contributed by atoms with E-state index in [0.717, 1.165) is 0 Å². The molecule has 1 aliphatic rings. The number of anilines is 1. The molecule has 1 N–H and O–H groups in total. The van der Waals surface area contributed by atoms with Crippen molar-refractivity contribution in [2.24, 2.45) is 0 Å². The summed E-state index contributed by atoms with van der Waals surface area (Å²) in [6.45, 7) is 4.10. The molecule has 68 valence electrons. The highest BCUT2D eigenvalue weighted by Gasteiger charge is 2.15. The summed E-state index contributed by atoms with van der Waals surface area (Å²) in [7, 11) is 0. The largest absolute Gasteiger partial charge is 0.370 e. The van der Waals surface area contributed by atoms with Gasteiger partial charge in [-0.05, 0) is 25.5 Å².